The molecule has 0 atom stereocenters. The van der Waals surface area contributed by atoms with Gasteiger partial charge in [-0.2, -0.15) is 20.2 Å². The summed E-state index contributed by atoms with van der Waals surface area (Å²) in [5.74, 6) is 0.788. The third-order valence-corrected chi connectivity index (χ3v) is 3.24. The minimum atomic E-state index is 0.0925. The zero-order valence-corrected chi connectivity index (χ0v) is 13.1. The highest BCUT2D eigenvalue weighted by molar-refractivity contribution is 5.87. The number of nitrogen functional groups attached to an aromatic ring is 1. The molecule has 0 bridgehead atoms. The smallest absolute Gasteiger partial charge is 0.230 e. The van der Waals surface area contributed by atoms with E-state index in [1.165, 1.54) is 5.56 Å². The van der Waals surface area contributed by atoms with Gasteiger partial charge in [-0.3, -0.25) is 0 Å². The Kier molecular flexibility index (Phi) is 4.37. The third-order valence-electron chi connectivity index (χ3n) is 3.24. The number of aryl methyl sites for hydroxylation is 2. The van der Waals surface area contributed by atoms with Crippen molar-refractivity contribution in [2.75, 3.05) is 24.7 Å². The van der Waals surface area contributed by atoms with Crippen LogP contribution in [-0.2, 0) is 0 Å². The maximum atomic E-state index is 9.41. The van der Waals surface area contributed by atoms with Crippen LogP contribution < -0.4 is 10.6 Å². The van der Waals surface area contributed by atoms with E-state index < -0.39 is 0 Å². The molecule has 0 saturated carbocycles. The van der Waals surface area contributed by atoms with Gasteiger partial charge < -0.3 is 10.6 Å². The number of nitrogens with two attached hydrogens (primary N) is 1. The topological polar surface area (TPSA) is 91.7 Å². The lowest BCUT2D eigenvalue weighted by Crippen LogP contribution is -2.15. The predicted molar refractivity (Wildman–Crippen MR) is 88.0 cm³/mol. The summed E-state index contributed by atoms with van der Waals surface area (Å²) in [4.78, 5) is 14.1. The maximum absolute atomic E-state index is 9.41. The zero-order valence-electron chi connectivity index (χ0n) is 13.1. The molecule has 0 saturated heterocycles. The molecule has 0 aliphatic heterocycles. The van der Waals surface area contributed by atoms with Crippen molar-refractivity contribution in [2.24, 2.45) is 0 Å². The first-order chi connectivity index (χ1) is 10.4. The predicted octanol–water partition coefficient (Wildman–Crippen LogP) is 2.20. The van der Waals surface area contributed by atoms with Crippen molar-refractivity contribution < 1.29 is 0 Å². The Morgan fingerprint density at radius 2 is 1.91 bits per heavy atom. The Morgan fingerprint density at radius 1 is 1.18 bits per heavy atom. The molecule has 1 aromatic heterocycles. The molecule has 1 heterocycles. The van der Waals surface area contributed by atoms with Gasteiger partial charge in [0.1, 0.15) is 6.07 Å². The Labute approximate surface area is 130 Å². The molecule has 112 valence electrons. The Balaban J connectivity index is 2.50. The molecule has 0 radical (unpaired) electrons. The van der Waals surface area contributed by atoms with Crippen molar-refractivity contribution in [3.63, 3.8) is 0 Å². The van der Waals surface area contributed by atoms with Gasteiger partial charge in [-0.05, 0) is 36.6 Å². The first-order valence-corrected chi connectivity index (χ1v) is 6.79. The first-order valence-electron chi connectivity index (χ1n) is 6.79. The fourth-order valence-corrected chi connectivity index (χ4v) is 1.87. The minimum Gasteiger partial charge on any atom is -0.368 e. The standard InChI is InChI=1S/C16H18N6/c1-10-5-6-12(7-11(10)2)8-13(9-17)14-19-15(18)21-16(20-14)22(3)4/h5-8H,1-4H3,(H2,18,19,20,21)/b13-8-. The average Bonchev–Trinajstić information content (AvgIpc) is 2.47. The zero-order chi connectivity index (χ0) is 16.3. The molecule has 2 N–H and O–H groups in total. The molecular formula is C16H18N6. The van der Waals surface area contributed by atoms with E-state index in [1.54, 1.807) is 25.1 Å². The molecule has 6 nitrogen and oxygen atoms in total. The minimum absolute atomic E-state index is 0.0925. The lowest BCUT2D eigenvalue weighted by atomic mass is 10.0. The van der Waals surface area contributed by atoms with Crippen molar-refractivity contribution in [2.45, 2.75) is 13.8 Å². The molecule has 22 heavy (non-hydrogen) atoms. The van der Waals surface area contributed by atoms with Crippen LogP contribution in [0.25, 0.3) is 11.6 Å². The molecule has 0 aliphatic rings. The first kappa shape index (κ1) is 15.4. The fourth-order valence-electron chi connectivity index (χ4n) is 1.87. The second-order valence-electron chi connectivity index (χ2n) is 5.23. The highest BCUT2D eigenvalue weighted by Gasteiger charge is 2.10. The fraction of sp³-hybridized carbons (Fsp3) is 0.250. The number of hydrogen-bond donors (Lipinski definition) is 1. The number of hydrogen-bond acceptors (Lipinski definition) is 6. The van der Waals surface area contributed by atoms with E-state index in [0.29, 0.717) is 11.5 Å². The molecular weight excluding hydrogens is 276 g/mol. The summed E-state index contributed by atoms with van der Waals surface area (Å²) in [5, 5.41) is 9.41. The van der Waals surface area contributed by atoms with Crippen molar-refractivity contribution in [1.82, 2.24) is 15.0 Å². The van der Waals surface area contributed by atoms with Crippen molar-refractivity contribution in [3.05, 3.63) is 40.7 Å². The highest BCUT2D eigenvalue weighted by Crippen LogP contribution is 2.18. The van der Waals surface area contributed by atoms with E-state index in [4.69, 9.17) is 5.73 Å². The van der Waals surface area contributed by atoms with Crippen LogP contribution in [0.4, 0.5) is 11.9 Å². The van der Waals surface area contributed by atoms with Crippen LogP contribution >= 0.6 is 0 Å². The van der Waals surface area contributed by atoms with Crippen LogP contribution in [0.1, 0.15) is 22.5 Å². The monoisotopic (exact) mass is 294 g/mol. The molecule has 0 amide bonds. The Hall–Kier alpha value is -2.94. The molecule has 1 aromatic carbocycles. The van der Waals surface area contributed by atoms with E-state index in [2.05, 4.69) is 21.0 Å². The SMILES string of the molecule is Cc1ccc(/C=C(/C#N)c2nc(N)nc(N(C)C)n2)cc1C. The summed E-state index contributed by atoms with van der Waals surface area (Å²) in [6.45, 7) is 4.08. The van der Waals surface area contributed by atoms with E-state index in [0.717, 1.165) is 11.1 Å². The van der Waals surface area contributed by atoms with Gasteiger partial charge in [-0.1, -0.05) is 18.2 Å². The number of benzene rings is 1. The normalized spacial score (nSPS) is 11.1. The lowest BCUT2D eigenvalue weighted by Gasteiger charge is -2.11. The quantitative estimate of drug-likeness (QED) is 0.872. The lowest BCUT2D eigenvalue weighted by molar-refractivity contribution is 0.952. The van der Waals surface area contributed by atoms with Crippen LogP contribution in [0.5, 0.6) is 0 Å². The van der Waals surface area contributed by atoms with E-state index in [1.807, 2.05) is 32.0 Å². The largest absolute Gasteiger partial charge is 0.368 e. The van der Waals surface area contributed by atoms with Crippen LogP contribution in [0.2, 0.25) is 0 Å². The van der Waals surface area contributed by atoms with Gasteiger partial charge in [0.25, 0.3) is 0 Å². The molecule has 0 spiro atoms. The summed E-state index contributed by atoms with van der Waals surface area (Å²) < 4.78 is 0. The maximum Gasteiger partial charge on any atom is 0.230 e. The van der Waals surface area contributed by atoms with Gasteiger partial charge in [-0.15, -0.1) is 0 Å². The average molecular weight is 294 g/mol. The van der Waals surface area contributed by atoms with Gasteiger partial charge in [0, 0.05) is 14.1 Å². The Bertz CT molecular complexity index is 771. The summed E-state index contributed by atoms with van der Waals surface area (Å²) in [7, 11) is 3.61. The van der Waals surface area contributed by atoms with E-state index in [-0.39, 0.29) is 11.8 Å². The molecule has 0 aliphatic carbocycles. The van der Waals surface area contributed by atoms with E-state index >= 15 is 0 Å². The van der Waals surface area contributed by atoms with Crippen LogP contribution in [0.3, 0.4) is 0 Å². The second kappa shape index (κ2) is 6.22. The number of rotatable bonds is 3. The van der Waals surface area contributed by atoms with Crippen molar-refractivity contribution in [3.8, 4) is 6.07 Å². The van der Waals surface area contributed by atoms with Crippen molar-refractivity contribution in [1.29, 1.82) is 5.26 Å². The number of anilines is 2. The van der Waals surface area contributed by atoms with Gasteiger partial charge >= 0.3 is 0 Å². The molecule has 6 heteroatoms. The van der Waals surface area contributed by atoms with Crippen LogP contribution in [0, 0.1) is 25.2 Å². The van der Waals surface area contributed by atoms with Gasteiger partial charge in [0.2, 0.25) is 11.9 Å². The van der Waals surface area contributed by atoms with Crippen LogP contribution in [-0.4, -0.2) is 29.0 Å². The molecule has 0 fully saturated rings. The number of nitrogens with zero attached hydrogens (tertiary/aromatic N) is 5. The van der Waals surface area contributed by atoms with Gasteiger partial charge in [-0.25, -0.2) is 0 Å². The number of aromatic nitrogens is 3. The summed E-state index contributed by atoms with van der Waals surface area (Å²) in [5.41, 5.74) is 9.34. The van der Waals surface area contributed by atoms with E-state index in [9.17, 15) is 5.26 Å². The summed E-state index contributed by atoms with van der Waals surface area (Å²) in [6, 6.07) is 8.12. The van der Waals surface area contributed by atoms with Gasteiger partial charge in [0.05, 0.1) is 5.57 Å². The molecule has 0 unspecified atom stereocenters. The number of nitriles is 1. The summed E-state index contributed by atoms with van der Waals surface area (Å²) >= 11 is 0. The van der Waals surface area contributed by atoms with Crippen LogP contribution in [0.15, 0.2) is 18.2 Å². The molecule has 2 rings (SSSR count). The summed E-state index contributed by atoms with van der Waals surface area (Å²) in [6.07, 6.45) is 1.75. The van der Waals surface area contributed by atoms with Gasteiger partial charge in [0.15, 0.2) is 5.82 Å². The highest BCUT2D eigenvalue weighted by atomic mass is 15.3. The third kappa shape index (κ3) is 3.38. The van der Waals surface area contributed by atoms with Crippen molar-refractivity contribution >= 4 is 23.5 Å². The second-order valence-corrected chi connectivity index (χ2v) is 5.23. The number of allylic oxidation sites excluding steroid dienone is 1. The molecule has 2 aromatic rings. The Morgan fingerprint density at radius 3 is 2.50 bits per heavy atom.